The number of carbonyl (C=O) groups excluding carboxylic acids is 1. The predicted octanol–water partition coefficient (Wildman–Crippen LogP) is 3.67. The molecule has 7 heteroatoms. The highest BCUT2D eigenvalue weighted by Gasteiger charge is 2.28. The first-order valence-corrected chi connectivity index (χ1v) is 7.93. The van der Waals surface area contributed by atoms with Crippen LogP contribution in [0.3, 0.4) is 0 Å². The normalized spacial score (nSPS) is 14.1. The van der Waals surface area contributed by atoms with E-state index in [2.05, 4.69) is 15.5 Å². The van der Waals surface area contributed by atoms with Crippen LogP contribution in [-0.2, 0) is 6.54 Å². The lowest BCUT2D eigenvalue weighted by Crippen LogP contribution is -2.30. The fourth-order valence-corrected chi connectivity index (χ4v) is 2.55. The van der Waals surface area contributed by atoms with E-state index in [-0.39, 0.29) is 6.03 Å². The SMILES string of the molecule is Cc1cc(CN(C)C(=O)Nc2ccc3oc(C4CC4)nc3c2)no1. The molecule has 24 heavy (non-hydrogen) atoms. The number of benzene rings is 1. The second kappa shape index (κ2) is 5.67. The van der Waals surface area contributed by atoms with Crippen LogP contribution in [0.25, 0.3) is 11.1 Å². The highest BCUT2D eigenvalue weighted by atomic mass is 16.5. The zero-order valence-corrected chi connectivity index (χ0v) is 13.6. The van der Waals surface area contributed by atoms with Crippen molar-refractivity contribution in [1.29, 1.82) is 0 Å². The number of aryl methyl sites for hydroxylation is 1. The quantitative estimate of drug-likeness (QED) is 0.791. The molecule has 1 aliphatic carbocycles. The number of hydrogen-bond donors (Lipinski definition) is 1. The van der Waals surface area contributed by atoms with Crippen LogP contribution in [0.1, 0.15) is 36.1 Å². The summed E-state index contributed by atoms with van der Waals surface area (Å²) >= 11 is 0. The number of carbonyl (C=O) groups is 1. The van der Waals surface area contributed by atoms with E-state index in [9.17, 15) is 4.79 Å². The summed E-state index contributed by atoms with van der Waals surface area (Å²) in [6.45, 7) is 2.20. The van der Waals surface area contributed by atoms with Gasteiger partial charge in [0.1, 0.15) is 17.0 Å². The molecule has 0 atom stereocenters. The molecule has 1 aromatic carbocycles. The van der Waals surface area contributed by atoms with Crippen molar-refractivity contribution in [3.8, 4) is 0 Å². The maximum absolute atomic E-state index is 12.3. The molecule has 0 saturated heterocycles. The van der Waals surface area contributed by atoms with Crippen LogP contribution >= 0.6 is 0 Å². The van der Waals surface area contributed by atoms with Gasteiger partial charge in [0.2, 0.25) is 0 Å². The Kier molecular flexibility index (Phi) is 3.48. The zero-order valence-electron chi connectivity index (χ0n) is 13.6. The van der Waals surface area contributed by atoms with Gasteiger partial charge in [0.15, 0.2) is 11.5 Å². The summed E-state index contributed by atoms with van der Waals surface area (Å²) < 4.78 is 10.7. The Balaban J connectivity index is 1.45. The van der Waals surface area contributed by atoms with Gasteiger partial charge < -0.3 is 19.2 Å². The van der Waals surface area contributed by atoms with E-state index in [1.807, 2.05) is 31.2 Å². The molecule has 1 aliphatic rings. The second-order valence-electron chi connectivity index (χ2n) is 6.22. The smallest absolute Gasteiger partial charge is 0.321 e. The summed E-state index contributed by atoms with van der Waals surface area (Å²) in [5.41, 5.74) is 2.92. The van der Waals surface area contributed by atoms with Gasteiger partial charge in [0.25, 0.3) is 0 Å². The fourth-order valence-electron chi connectivity index (χ4n) is 2.55. The van der Waals surface area contributed by atoms with E-state index in [4.69, 9.17) is 8.94 Å². The maximum atomic E-state index is 12.3. The minimum atomic E-state index is -0.221. The Labute approximate surface area is 138 Å². The van der Waals surface area contributed by atoms with Crippen molar-refractivity contribution in [2.75, 3.05) is 12.4 Å². The lowest BCUT2D eigenvalue weighted by atomic mass is 10.3. The van der Waals surface area contributed by atoms with Crippen LogP contribution in [-0.4, -0.2) is 28.1 Å². The molecule has 1 N–H and O–H groups in total. The van der Waals surface area contributed by atoms with Crippen LogP contribution in [0.4, 0.5) is 10.5 Å². The van der Waals surface area contributed by atoms with Gasteiger partial charge in [-0.15, -0.1) is 0 Å². The fraction of sp³-hybridized carbons (Fsp3) is 0.353. The first-order chi connectivity index (χ1) is 11.6. The van der Waals surface area contributed by atoms with E-state index in [1.54, 1.807) is 11.9 Å². The highest BCUT2D eigenvalue weighted by Crippen LogP contribution is 2.40. The maximum Gasteiger partial charge on any atom is 0.321 e. The summed E-state index contributed by atoms with van der Waals surface area (Å²) in [5.74, 6) is 1.99. The van der Waals surface area contributed by atoms with Gasteiger partial charge in [0.05, 0.1) is 6.54 Å². The van der Waals surface area contributed by atoms with E-state index < -0.39 is 0 Å². The molecule has 1 saturated carbocycles. The number of rotatable bonds is 4. The largest absolute Gasteiger partial charge is 0.440 e. The summed E-state index contributed by atoms with van der Waals surface area (Å²) in [6, 6.07) is 7.07. The molecule has 2 amide bonds. The second-order valence-corrected chi connectivity index (χ2v) is 6.22. The summed E-state index contributed by atoms with van der Waals surface area (Å²) in [5, 5.41) is 6.75. The predicted molar refractivity (Wildman–Crippen MR) is 87.7 cm³/mol. The third-order valence-electron chi connectivity index (χ3n) is 4.00. The average Bonchev–Trinajstić information content (AvgIpc) is 3.20. The summed E-state index contributed by atoms with van der Waals surface area (Å²) in [6.07, 6.45) is 2.28. The molecule has 2 heterocycles. The summed E-state index contributed by atoms with van der Waals surface area (Å²) in [7, 11) is 1.71. The third-order valence-corrected chi connectivity index (χ3v) is 4.00. The number of urea groups is 1. The topological polar surface area (TPSA) is 84.4 Å². The Bertz CT molecular complexity index is 894. The van der Waals surface area contributed by atoms with Crippen molar-refractivity contribution in [2.24, 2.45) is 0 Å². The number of hydrogen-bond acceptors (Lipinski definition) is 5. The average molecular weight is 326 g/mol. The molecule has 4 rings (SSSR count). The van der Waals surface area contributed by atoms with Gasteiger partial charge in [-0.25, -0.2) is 9.78 Å². The Morgan fingerprint density at radius 3 is 2.92 bits per heavy atom. The van der Waals surface area contributed by atoms with E-state index in [0.717, 1.165) is 35.6 Å². The molecule has 3 aromatic rings. The van der Waals surface area contributed by atoms with Crippen molar-refractivity contribution < 1.29 is 13.7 Å². The highest BCUT2D eigenvalue weighted by molar-refractivity contribution is 5.91. The number of nitrogens with zero attached hydrogens (tertiary/aromatic N) is 3. The first kappa shape index (κ1) is 14.7. The number of oxazole rings is 1. The molecule has 0 spiro atoms. The van der Waals surface area contributed by atoms with Crippen molar-refractivity contribution in [3.63, 3.8) is 0 Å². The van der Waals surface area contributed by atoms with Gasteiger partial charge in [0, 0.05) is 24.7 Å². The van der Waals surface area contributed by atoms with E-state index in [0.29, 0.717) is 23.8 Å². The molecule has 0 radical (unpaired) electrons. The molecule has 0 bridgehead atoms. The van der Waals surface area contributed by atoms with Gasteiger partial charge in [-0.05, 0) is 38.0 Å². The number of fused-ring (bicyclic) bond motifs is 1. The molecule has 124 valence electrons. The number of anilines is 1. The van der Waals surface area contributed by atoms with Crippen LogP contribution in [0, 0.1) is 6.92 Å². The minimum Gasteiger partial charge on any atom is -0.440 e. The van der Waals surface area contributed by atoms with E-state index in [1.165, 1.54) is 0 Å². The first-order valence-electron chi connectivity index (χ1n) is 7.93. The van der Waals surface area contributed by atoms with Crippen molar-refractivity contribution in [1.82, 2.24) is 15.0 Å². The number of amides is 2. The minimum absolute atomic E-state index is 0.221. The lowest BCUT2D eigenvalue weighted by molar-refractivity contribution is 0.219. The van der Waals surface area contributed by atoms with Crippen molar-refractivity contribution in [2.45, 2.75) is 32.2 Å². The van der Waals surface area contributed by atoms with Gasteiger partial charge in [-0.1, -0.05) is 5.16 Å². The van der Waals surface area contributed by atoms with Gasteiger partial charge >= 0.3 is 6.03 Å². The van der Waals surface area contributed by atoms with Gasteiger partial charge in [-0.3, -0.25) is 0 Å². The molecule has 0 unspecified atom stereocenters. The molecule has 1 fully saturated rings. The monoisotopic (exact) mass is 326 g/mol. The number of nitrogens with one attached hydrogen (secondary N) is 1. The Morgan fingerprint density at radius 2 is 2.21 bits per heavy atom. The number of aromatic nitrogens is 2. The molecular weight excluding hydrogens is 308 g/mol. The standard InChI is InChI=1S/C17H18N4O3/c1-10-7-13(20-24-10)9-21(2)17(22)18-12-5-6-15-14(8-12)19-16(23-15)11-3-4-11/h5-8,11H,3-4,9H2,1-2H3,(H,18,22). The van der Waals surface area contributed by atoms with Gasteiger partial charge in [-0.2, -0.15) is 0 Å². The molecule has 0 aliphatic heterocycles. The molecule has 7 nitrogen and oxygen atoms in total. The zero-order chi connectivity index (χ0) is 16.7. The van der Waals surface area contributed by atoms with Crippen LogP contribution < -0.4 is 5.32 Å². The van der Waals surface area contributed by atoms with Crippen LogP contribution in [0.2, 0.25) is 0 Å². The third kappa shape index (κ3) is 2.97. The van der Waals surface area contributed by atoms with Crippen molar-refractivity contribution >= 4 is 22.8 Å². The molecule has 2 aromatic heterocycles. The van der Waals surface area contributed by atoms with Crippen LogP contribution in [0.5, 0.6) is 0 Å². The Morgan fingerprint density at radius 1 is 1.38 bits per heavy atom. The van der Waals surface area contributed by atoms with E-state index >= 15 is 0 Å². The lowest BCUT2D eigenvalue weighted by Gasteiger charge is -2.16. The Hall–Kier alpha value is -2.83. The molecular formula is C17H18N4O3. The summed E-state index contributed by atoms with van der Waals surface area (Å²) in [4.78, 5) is 18.3. The van der Waals surface area contributed by atoms with Crippen molar-refractivity contribution in [3.05, 3.63) is 41.6 Å². The van der Waals surface area contributed by atoms with Crippen LogP contribution in [0.15, 0.2) is 33.2 Å².